The quantitative estimate of drug-likeness (QED) is 0.459. The number of aryl methyl sites for hydroxylation is 1. The monoisotopic (exact) mass is 430 g/mol. The van der Waals surface area contributed by atoms with Gasteiger partial charge in [-0.05, 0) is 61.9 Å². The summed E-state index contributed by atoms with van der Waals surface area (Å²) in [6.45, 7) is 4.37. The maximum absolute atomic E-state index is 12.8. The number of hydrogen-bond acceptors (Lipinski definition) is 5. The lowest BCUT2D eigenvalue weighted by atomic mass is 10.1. The highest BCUT2D eigenvalue weighted by molar-refractivity contribution is 6.06. The van der Waals surface area contributed by atoms with Crippen molar-refractivity contribution in [2.75, 3.05) is 11.9 Å². The molecular weight excluding hydrogens is 408 g/mol. The van der Waals surface area contributed by atoms with Gasteiger partial charge in [-0.25, -0.2) is 9.59 Å². The van der Waals surface area contributed by atoms with Gasteiger partial charge in [-0.1, -0.05) is 29.8 Å². The van der Waals surface area contributed by atoms with Crippen LogP contribution in [0.5, 0.6) is 0 Å². The van der Waals surface area contributed by atoms with Gasteiger partial charge < -0.3 is 14.5 Å². The molecule has 0 unspecified atom stereocenters. The Morgan fingerprint density at radius 2 is 1.66 bits per heavy atom. The molecule has 4 rings (SSSR count). The summed E-state index contributed by atoms with van der Waals surface area (Å²) in [4.78, 5) is 36.9. The lowest BCUT2D eigenvalue weighted by Crippen LogP contribution is -2.16. The molecule has 0 spiro atoms. The van der Waals surface area contributed by atoms with Crippen molar-refractivity contribution in [1.29, 1.82) is 0 Å². The number of nitrogens with one attached hydrogen (secondary N) is 1. The summed E-state index contributed by atoms with van der Waals surface area (Å²) in [5, 5.41) is 2.79. The van der Waals surface area contributed by atoms with Gasteiger partial charge in [0.05, 0.1) is 24.2 Å². The molecule has 0 atom stereocenters. The number of nitrogens with zero attached hydrogens (tertiary/aromatic N) is 1. The number of fused-ring (bicyclic) bond motifs is 1. The molecular formula is C25H22N2O5. The second kappa shape index (κ2) is 8.93. The molecule has 0 radical (unpaired) electrons. The van der Waals surface area contributed by atoms with Gasteiger partial charge in [-0.3, -0.25) is 9.36 Å². The van der Waals surface area contributed by atoms with Crippen LogP contribution in [-0.4, -0.2) is 23.1 Å². The van der Waals surface area contributed by atoms with Gasteiger partial charge in [-0.2, -0.15) is 0 Å². The van der Waals surface area contributed by atoms with Gasteiger partial charge in [0.2, 0.25) is 0 Å². The molecule has 4 aromatic rings. The fraction of sp³-hybridized carbons (Fsp3) is 0.160. The van der Waals surface area contributed by atoms with Crippen LogP contribution in [0.3, 0.4) is 0 Å². The van der Waals surface area contributed by atoms with E-state index in [1.165, 1.54) is 4.57 Å². The molecule has 1 N–H and O–H groups in total. The van der Waals surface area contributed by atoms with Crippen LogP contribution in [0.1, 0.15) is 38.8 Å². The van der Waals surface area contributed by atoms with E-state index >= 15 is 0 Å². The average molecular weight is 430 g/mol. The molecule has 0 aliphatic heterocycles. The third-order valence-corrected chi connectivity index (χ3v) is 5.04. The second-order valence-corrected chi connectivity index (χ2v) is 7.37. The molecule has 162 valence electrons. The minimum atomic E-state index is -0.479. The summed E-state index contributed by atoms with van der Waals surface area (Å²) in [5.41, 5.74) is 4.37. The van der Waals surface area contributed by atoms with E-state index in [1.807, 2.05) is 31.2 Å². The zero-order valence-corrected chi connectivity index (χ0v) is 17.8. The maximum atomic E-state index is 12.8. The summed E-state index contributed by atoms with van der Waals surface area (Å²) in [6.07, 6.45) is 0. The van der Waals surface area contributed by atoms with E-state index in [-0.39, 0.29) is 5.91 Å². The van der Waals surface area contributed by atoms with Gasteiger partial charge in [0.15, 0.2) is 5.58 Å². The minimum absolute atomic E-state index is 0.294. The van der Waals surface area contributed by atoms with E-state index in [2.05, 4.69) is 5.32 Å². The highest BCUT2D eigenvalue weighted by Gasteiger charge is 2.14. The van der Waals surface area contributed by atoms with E-state index in [0.29, 0.717) is 41.1 Å². The summed E-state index contributed by atoms with van der Waals surface area (Å²) in [5.74, 6) is -1.23. The van der Waals surface area contributed by atoms with E-state index < -0.39 is 11.7 Å². The largest absolute Gasteiger partial charge is 0.462 e. The number of ether oxygens (including phenoxy) is 1. The number of oxazole rings is 1. The van der Waals surface area contributed by atoms with Crippen molar-refractivity contribution in [3.8, 4) is 0 Å². The Kier molecular flexibility index (Phi) is 5.89. The van der Waals surface area contributed by atoms with Gasteiger partial charge >= 0.3 is 11.7 Å². The van der Waals surface area contributed by atoms with Gasteiger partial charge in [-0.15, -0.1) is 0 Å². The van der Waals surface area contributed by atoms with Crippen molar-refractivity contribution in [3.63, 3.8) is 0 Å². The first kappa shape index (κ1) is 21.1. The molecule has 3 aromatic carbocycles. The van der Waals surface area contributed by atoms with Crippen LogP contribution >= 0.6 is 0 Å². The highest BCUT2D eigenvalue weighted by Crippen LogP contribution is 2.19. The SMILES string of the molecule is CCOC(=O)c1ccc(NC(=O)c2ccc3oc(=O)n(Cc4ccc(C)cc4)c3c2)cc1. The third-order valence-electron chi connectivity index (χ3n) is 5.04. The van der Waals surface area contributed by atoms with Gasteiger partial charge in [0.1, 0.15) is 0 Å². The van der Waals surface area contributed by atoms with Crippen molar-refractivity contribution < 1.29 is 18.7 Å². The fourth-order valence-electron chi connectivity index (χ4n) is 3.34. The first-order chi connectivity index (χ1) is 15.4. The molecule has 7 nitrogen and oxygen atoms in total. The second-order valence-electron chi connectivity index (χ2n) is 7.37. The molecule has 0 bridgehead atoms. The van der Waals surface area contributed by atoms with Gasteiger partial charge in [0.25, 0.3) is 5.91 Å². The van der Waals surface area contributed by atoms with Crippen molar-refractivity contribution >= 4 is 28.7 Å². The number of carbonyl (C=O) groups is 2. The number of rotatable bonds is 6. The van der Waals surface area contributed by atoms with E-state index in [9.17, 15) is 14.4 Å². The Morgan fingerprint density at radius 3 is 2.34 bits per heavy atom. The van der Waals surface area contributed by atoms with E-state index in [0.717, 1.165) is 11.1 Å². The Bertz CT molecular complexity index is 1330. The van der Waals surface area contributed by atoms with Crippen LogP contribution in [0.25, 0.3) is 11.1 Å². The summed E-state index contributed by atoms with van der Waals surface area (Å²) < 4.78 is 11.8. The standard InChI is InChI=1S/C25H22N2O5/c1-3-31-24(29)18-8-11-20(12-9-18)26-23(28)19-10-13-22-21(14-19)27(25(30)32-22)15-17-6-4-16(2)5-7-17/h4-14H,3,15H2,1-2H3,(H,26,28). The maximum Gasteiger partial charge on any atom is 0.420 e. The first-order valence-corrected chi connectivity index (χ1v) is 10.2. The molecule has 0 aliphatic carbocycles. The molecule has 32 heavy (non-hydrogen) atoms. The van der Waals surface area contributed by atoms with Crippen LogP contribution in [0.4, 0.5) is 5.69 Å². The molecule has 1 heterocycles. The van der Waals surface area contributed by atoms with Crippen LogP contribution < -0.4 is 11.1 Å². The Morgan fingerprint density at radius 1 is 0.969 bits per heavy atom. The lowest BCUT2D eigenvalue weighted by Gasteiger charge is -2.08. The minimum Gasteiger partial charge on any atom is -0.462 e. The first-order valence-electron chi connectivity index (χ1n) is 10.2. The Balaban J connectivity index is 1.56. The normalized spacial score (nSPS) is 10.8. The number of benzene rings is 3. The number of hydrogen-bond donors (Lipinski definition) is 1. The number of aromatic nitrogens is 1. The summed E-state index contributed by atoms with van der Waals surface area (Å²) in [7, 11) is 0. The van der Waals surface area contributed by atoms with Crippen LogP contribution in [-0.2, 0) is 11.3 Å². The average Bonchev–Trinajstić information content (AvgIpc) is 3.10. The van der Waals surface area contributed by atoms with Gasteiger partial charge in [0, 0.05) is 11.3 Å². The molecule has 0 saturated heterocycles. The van der Waals surface area contributed by atoms with Crippen molar-refractivity contribution in [1.82, 2.24) is 4.57 Å². The summed E-state index contributed by atoms with van der Waals surface area (Å²) >= 11 is 0. The molecule has 0 fully saturated rings. The fourth-order valence-corrected chi connectivity index (χ4v) is 3.34. The van der Waals surface area contributed by atoms with Crippen molar-refractivity contribution in [2.45, 2.75) is 20.4 Å². The third kappa shape index (κ3) is 4.46. The van der Waals surface area contributed by atoms with E-state index in [1.54, 1.807) is 49.4 Å². The molecule has 0 saturated carbocycles. The van der Waals surface area contributed by atoms with Crippen LogP contribution in [0.15, 0.2) is 75.9 Å². The predicted octanol–water partition coefficient (Wildman–Crippen LogP) is 4.38. The zero-order chi connectivity index (χ0) is 22.7. The molecule has 1 aromatic heterocycles. The topological polar surface area (TPSA) is 90.5 Å². The van der Waals surface area contributed by atoms with Crippen LogP contribution in [0, 0.1) is 6.92 Å². The number of amides is 1. The summed E-state index contributed by atoms with van der Waals surface area (Å²) in [6, 6.07) is 19.2. The molecule has 0 aliphatic rings. The Labute approximate surface area is 184 Å². The number of esters is 1. The van der Waals surface area contributed by atoms with E-state index in [4.69, 9.17) is 9.15 Å². The number of carbonyl (C=O) groups excluding carboxylic acids is 2. The smallest absolute Gasteiger partial charge is 0.420 e. The predicted molar refractivity (Wildman–Crippen MR) is 121 cm³/mol. The molecule has 1 amide bonds. The van der Waals surface area contributed by atoms with Crippen molar-refractivity contribution in [3.05, 3.63) is 99.5 Å². The molecule has 7 heteroatoms. The van der Waals surface area contributed by atoms with Crippen LogP contribution in [0.2, 0.25) is 0 Å². The lowest BCUT2D eigenvalue weighted by molar-refractivity contribution is 0.0526. The highest BCUT2D eigenvalue weighted by atomic mass is 16.5. The number of anilines is 1. The zero-order valence-electron chi connectivity index (χ0n) is 17.8. The Hall–Kier alpha value is -4.13. The van der Waals surface area contributed by atoms with Crippen molar-refractivity contribution in [2.24, 2.45) is 0 Å².